The molecule has 0 bridgehead atoms. The lowest BCUT2D eigenvalue weighted by molar-refractivity contribution is -0.131. The molecule has 0 saturated carbocycles. The lowest BCUT2D eigenvalue weighted by Gasteiger charge is -2.23. The molecular weight excluding hydrogens is 246 g/mol. The van der Waals surface area contributed by atoms with Gasteiger partial charge in [-0.05, 0) is 31.0 Å². The first-order valence-electron chi connectivity index (χ1n) is 6.45. The summed E-state index contributed by atoms with van der Waals surface area (Å²) in [5.74, 6) is 0.213. The van der Waals surface area contributed by atoms with E-state index in [0.29, 0.717) is 6.54 Å². The summed E-state index contributed by atoms with van der Waals surface area (Å²) in [6.07, 6.45) is 1.13. The molecule has 0 aliphatic carbocycles. The molecule has 0 unspecified atom stereocenters. The first kappa shape index (κ1) is 13.5. The molecule has 0 atom stereocenters. The summed E-state index contributed by atoms with van der Waals surface area (Å²) in [5, 5.41) is 5.40. The molecule has 1 aromatic heterocycles. The second-order valence-corrected chi connectivity index (χ2v) is 5.74. The number of rotatable bonds is 4. The van der Waals surface area contributed by atoms with E-state index in [1.165, 1.54) is 4.88 Å². The van der Waals surface area contributed by atoms with Gasteiger partial charge in [-0.1, -0.05) is 6.07 Å². The first-order chi connectivity index (χ1) is 8.75. The van der Waals surface area contributed by atoms with Crippen LogP contribution in [0.2, 0.25) is 0 Å². The van der Waals surface area contributed by atoms with Gasteiger partial charge in [0, 0.05) is 25.0 Å². The van der Waals surface area contributed by atoms with Crippen molar-refractivity contribution in [3.05, 3.63) is 22.4 Å². The maximum atomic E-state index is 12.1. The van der Waals surface area contributed by atoms with E-state index in [-0.39, 0.29) is 5.91 Å². The number of carbonyl (C=O) groups is 1. The summed E-state index contributed by atoms with van der Waals surface area (Å²) in [5.41, 5.74) is 0. The Labute approximate surface area is 113 Å². The zero-order valence-electron chi connectivity index (χ0n) is 10.9. The Morgan fingerprint density at radius 2 is 2.39 bits per heavy atom. The molecule has 2 heterocycles. The molecular formula is C13H21N3OS. The minimum absolute atomic E-state index is 0.213. The van der Waals surface area contributed by atoms with Crippen LogP contribution in [0.1, 0.15) is 11.3 Å². The Morgan fingerprint density at radius 3 is 3.17 bits per heavy atom. The van der Waals surface area contributed by atoms with Gasteiger partial charge >= 0.3 is 0 Å². The van der Waals surface area contributed by atoms with Gasteiger partial charge in [0.2, 0.25) is 5.91 Å². The predicted octanol–water partition coefficient (Wildman–Crippen LogP) is 1.00. The smallest absolute Gasteiger partial charge is 0.236 e. The highest BCUT2D eigenvalue weighted by molar-refractivity contribution is 7.09. The molecule has 0 aromatic carbocycles. The molecule has 0 radical (unpaired) electrons. The fourth-order valence-corrected chi connectivity index (χ4v) is 2.85. The third kappa shape index (κ3) is 4.08. The van der Waals surface area contributed by atoms with Gasteiger partial charge < -0.3 is 10.2 Å². The van der Waals surface area contributed by atoms with Crippen molar-refractivity contribution in [1.29, 1.82) is 0 Å². The van der Waals surface area contributed by atoms with Crippen LogP contribution in [0.25, 0.3) is 0 Å². The number of hydrogen-bond acceptors (Lipinski definition) is 4. The standard InChI is InChI=1S/C13H21N3OS/c1-15(10-12-4-2-9-18-12)13(17)11-16-7-3-5-14-6-8-16/h2,4,9,14H,3,5-8,10-11H2,1H3. The van der Waals surface area contributed by atoms with E-state index in [9.17, 15) is 4.79 Å². The van der Waals surface area contributed by atoms with Crippen molar-refractivity contribution in [2.24, 2.45) is 0 Å². The first-order valence-corrected chi connectivity index (χ1v) is 7.33. The number of likely N-dealkylation sites (N-methyl/N-ethyl adjacent to an activating group) is 1. The number of nitrogens with one attached hydrogen (secondary N) is 1. The van der Waals surface area contributed by atoms with Gasteiger partial charge in [-0.15, -0.1) is 11.3 Å². The summed E-state index contributed by atoms with van der Waals surface area (Å²) in [6, 6.07) is 4.10. The average molecular weight is 267 g/mol. The molecule has 1 saturated heterocycles. The van der Waals surface area contributed by atoms with Crippen LogP contribution in [-0.4, -0.2) is 55.5 Å². The maximum Gasteiger partial charge on any atom is 0.236 e. The number of carbonyl (C=O) groups excluding carboxylic acids is 1. The minimum Gasteiger partial charge on any atom is -0.340 e. The predicted molar refractivity (Wildman–Crippen MR) is 74.7 cm³/mol. The van der Waals surface area contributed by atoms with Crippen LogP contribution in [0.3, 0.4) is 0 Å². The van der Waals surface area contributed by atoms with Gasteiger partial charge in [0.15, 0.2) is 0 Å². The Bertz CT molecular complexity index is 358. The summed E-state index contributed by atoms with van der Waals surface area (Å²) >= 11 is 1.70. The second kappa shape index (κ2) is 6.87. The molecule has 1 aliphatic heterocycles. The SMILES string of the molecule is CN(Cc1cccs1)C(=O)CN1CCCNCC1. The molecule has 0 spiro atoms. The van der Waals surface area contributed by atoms with Crippen LogP contribution in [0, 0.1) is 0 Å². The highest BCUT2D eigenvalue weighted by Gasteiger charge is 2.15. The Balaban J connectivity index is 1.79. The molecule has 4 nitrogen and oxygen atoms in total. The molecule has 1 amide bonds. The van der Waals surface area contributed by atoms with Crippen molar-refractivity contribution < 1.29 is 4.79 Å². The fourth-order valence-electron chi connectivity index (χ4n) is 2.10. The van der Waals surface area contributed by atoms with Crippen LogP contribution in [-0.2, 0) is 11.3 Å². The van der Waals surface area contributed by atoms with E-state index in [2.05, 4.69) is 16.3 Å². The van der Waals surface area contributed by atoms with E-state index in [0.717, 1.165) is 39.1 Å². The summed E-state index contributed by atoms with van der Waals surface area (Å²) in [4.78, 5) is 17.4. The minimum atomic E-state index is 0.213. The van der Waals surface area contributed by atoms with Crippen molar-refractivity contribution in [2.45, 2.75) is 13.0 Å². The van der Waals surface area contributed by atoms with Crippen molar-refractivity contribution in [3.63, 3.8) is 0 Å². The van der Waals surface area contributed by atoms with Crippen LogP contribution >= 0.6 is 11.3 Å². The molecule has 18 heavy (non-hydrogen) atoms. The Morgan fingerprint density at radius 1 is 1.50 bits per heavy atom. The monoisotopic (exact) mass is 267 g/mol. The van der Waals surface area contributed by atoms with E-state index in [4.69, 9.17) is 0 Å². The van der Waals surface area contributed by atoms with Gasteiger partial charge in [0.05, 0.1) is 13.1 Å². The van der Waals surface area contributed by atoms with E-state index in [1.807, 2.05) is 23.4 Å². The quantitative estimate of drug-likeness (QED) is 0.884. The zero-order chi connectivity index (χ0) is 12.8. The lowest BCUT2D eigenvalue weighted by Crippen LogP contribution is -2.39. The summed E-state index contributed by atoms with van der Waals surface area (Å²) in [6.45, 7) is 5.31. The number of thiophene rings is 1. The van der Waals surface area contributed by atoms with Gasteiger partial charge in [-0.25, -0.2) is 0 Å². The van der Waals surface area contributed by atoms with E-state index in [1.54, 1.807) is 11.3 Å². The summed E-state index contributed by atoms with van der Waals surface area (Å²) < 4.78 is 0. The number of nitrogens with zero attached hydrogens (tertiary/aromatic N) is 2. The maximum absolute atomic E-state index is 12.1. The number of hydrogen-bond donors (Lipinski definition) is 1. The average Bonchev–Trinajstić information content (AvgIpc) is 2.72. The molecule has 1 aromatic rings. The topological polar surface area (TPSA) is 35.6 Å². The van der Waals surface area contributed by atoms with Crippen LogP contribution in [0.4, 0.5) is 0 Å². The third-order valence-electron chi connectivity index (χ3n) is 3.19. The molecule has 5 heteroatoms. The van der Waals surface area contributed by atoms with Crippen LogP contribution in [0.15, 0.2) is 17.5 Å². The van der Waals surface area contributed by atoms with Gasteiger partial charge in [-0.2, -0.15) is 0 Å². The van der Waals surface area contributed by atoms with Crippen molar-refractivity contribution >= 4 is 17.2 Å². The van der Waals surface area contributed by atoms with Crippen molar-refractivity contribution in [2.75, 3.05) is 39.8 Å². The normalized spacial score (nSPS) is 17.4. The van der Waals surface area contributed by atoms with Crippen molar-refractivity contribution in [1.82, 2.24) is 15.1 Å². The Kier molecular flexibility index (Phi) is 5.16. The van der Waals surface area contributed by atoms with E-state index >= 15 is 0 Å². The molecule has 1 aliphatic rings. The van der Waals surface area contributed by atoms with Crippen LogP contribution in [0.5, 0.6) is 0 Å². The third-order valence-corrected chi connectivity index (χ3v) is 4.05. The molecule has 1 N–H and O–H groups in total. The fraction of sp³-hybridized carbons (Fsp3) is 0.615. The van der Waals surface area contributed by atoms with Crippen LogP contribution < -0.4 is 5.32 Å². The lowest BCUT2D eigenvalue weighted by atomic mass is 10.3. The highest BCUT2D eigenvalue weighted by atomic mass is 32.1. The van der Waals surface area contributed by atoms with Gasteiger partial charge in [-0.3, -0.25) is 9.69 Å². The van der Waals surface area contributed by atoms with E-state index < -0.39 is 0 Å². The number of amides is 1. The Hall–Kier alpha value is -0.910. The second-order valence-electron chi connectivity index (χ2n) is 4.71. The zero-order valence-corrected chi connectivity index (χ0v) is 11.7. The molecule has 2 rings (SSSR count). The largest absolute Gasteiger partial charge is 0.340 e. The van der Waals surface area contributed by atoms with Gasteiger partial charge in [0.1, 0.15) is 0 Å². The summed E-state index contributed by atoms with van der Waals surface area (Å²) in [7, 11) is 1.89. The molecule has 1 fully saturated rings. The van der Waals surface area contributed by atoms with Crippen molar-refractivity contribution in [3.8, 4) is 0 Å². The van der Waals surface area contributed by atoms with Gasteiger partial charge in [0.25, 0.3) is 0 Å². The highest BCUT2D eigenvalue weighted by Crippen LogP contribution is 2.11. The molecule has 100 valence electrons.